The second-order valence-electron chi connectivity index (χ2n) is 6.95. The van der Waals surface area contributed by atoms with Crippen LogP contribution in [-0.4, -0.2) is 45.5 Å². The van der Waals surface area contributed by atoms with Gasteiger partial charge in [0, 0.05) is 19.1 Å². The van der Waals surface area contributed by atoms with Gasteiger partial charge in [-0.05, 0) is 38.0 Å². The smallest absolute Gasteiger partial charge is 0.237 e. The third-order valence-corrected chi connectivity index (χ3v) is 5.31. The van der Waals surface area contributed by atoms with E-state index in [9.17, 15) is 10.1 Å². The Labute approximate surface area is 152 Å². The average molecular weight is 351 g/mol. The molecule has 1 aliphatic carbocycles. The molecule has 0 bridgehead atoms. The van der Waals surface area contributed by atoms with Crippen LogP contribution >= 0.6 is 0 Å². The molecule has 3 atom stereocenters. The maximum Gasteiger partial charge on any atom is 0.237 e. The molecule has 8 heteroatoms. The van der Waals surface area contributed by atoms with Gasteiger partial charge in [-0.15, -0.1) is 0 Å². The number of nitrogens with zero attached hydrogens (tertiary/aromatic N) is 6. The monoisotopic (exact) mass is 351 g/mol. The van der Waals surface area contributed by atoms with Crippen molar-refractivity contribution in [2.24, 2.45) is 5.92 Å². The van der Waals surface area contributed by atoms with Gasteiger partial charge in [0.15, 0.2) is 11.4 Å². The number of hydrogen-bond acceptors (Lipinski definition) is 6. The first kappa shape index (κ1) is 17.9. The summed E-state index contributed by atoms with van der Waals surface area (Å²) >= 11 is 0. The lowest BCUT2D eigenvalue weighted by molar-refractivity contribution is -0.130. The van der Waals surface area contributed by atoms with Gasteiger partial charge in [0.2, 0.25) is 5.91 Å². The molecule has 1 aromatic rings. The second-order valence-corrected chi connectivity index (χ2v) is 6.95. The number of carbonyl (C=O) groups is 1. The SMILES string of the molecule is N#Cc1ncn(C[C@H]2CC[C@H](NCC(=O)N3CCC[C@H]3C#N)C2)c1C#N. The maximum absolute atomic E-state index is 12.3. The zero-order valence-corrected chi connectivity index (χ0v) is 14.6. The van der Waals surface area contributed by atoms with Gasteiger partial charge in [-0.1, -0.05) is 0 Å². The van der Waals surface area contributed by atoms with Crippen LogP contribution in [0.3, 0.4) is 0 Å². The van der Waals surface area contributed by atoms with Gasteiger partial charge >= 0.3 is 0 Å². The number of rotatable bonds is 5. The Bertz CT molecular complexity index is 794. The number of imidazole rings is 1. The molecule has 1 saturated carbocycles. The van der Waals surface area contributed by atoms with Gasteiger partial charge in [-0.25, -0.2) is 4.98 Å². The molecule has 134 valence electrons. The van der Waals surface area contributed by atoms with Crippen molar-refractivity contribution in [1.29, 1.82) is 15.8 Å². The number of aromatic nitrogens is 2. The number of nitriles is 3. The Kier molecular flexibility index (Phi) is 5.51. The van der Waals surface area contributed by atoms with E-state index >= 15 is 0 Å². The summed E-state index contributed by atoms with van der Waals surface area (Å²) in [6, 6.07) is 6.16. The summed E-state index contributed by atoms with van der Waals surface area (Å²) in [5.74, 6) is 0.381. The number of nitrogens with one attached hydrogen (secondary N) is 1. The van der Waals surface area contributed by atoms with Crippen molar-refractivity contribution in [2.45, 2.75) is 50.7 Å². The van der Waals surface area contributed by atoms with Crippen LogP contribution in [0.25, 0.3) is 0 Å². The van der Waals surface area contributed by atoms with Crippen LogP contribution in [0.15, 0.2) is 6.33 Å². The van der Waals surface area contributed by atoms with E-state index in [0.717, 1.165) is 32.1 Å². The van der Waals surface area contributed by atoms with E-state index < -0.39 is 0 Å². The minimum absolute atomic E-state index is 0.00228. The molecule has 1 N–H and O–H groups in total. The number of amides is 1. The molecule has 0 radical (unpaired) electrons. The van der Waals surface area contributed by atoms with E-state index in [-0.39, 0.29) is 30.2 Å². The molecule has 1 aromatic heterocycles. The van der Waals surface area contributed by atoms with E-state index in [4.69, 9.17) is 10.5 Å². The Balaban J connectivity index is 1.48. The first-order valence-corrected chi connectivity index (χ1v) is 8.94. The van der Waals surface area contributed by atoms with Gasteiger partial charge in [-0.2, -0.15) is 15.8 Å². The minimum Gasteiger partial charge on any atom is -0.326 e. The van der Waals surface area contributed by atoms with Crippen molar-refractivity contribution in [3.05, 3.63) is 17.7 Å². The Morgan fingerprint density at radius 2 is 2.12 bits per heavy atom. The molecule has 1 amide bonds. The largest absolute Gasteiger partial charge is 0.326 e. The van der Waals surface area contributed by atoms with E-state index in [0.29, 0.717) is 24.7 Å². The predicted octanol–water partition coefficient (Wildman–Crippen LogP) is 0.899. The van der Waals surface area contributed by atoms with Crippen LogP contribution in [-0.2, 0) is 11.3 Å². The van der Waals surface area contributed by atoms with Crippen LogP contribution in [0.4, 0.5) is 0 Å². The highest BCUT2D eigenvalue weighted by Gasteiger charge is 2.30. The molecule has 1 saturated heterocycles. The fraction of sp³-hybridized carbons (Fsp3) is 0.611. The lowest BCUT2D eigenvalue weighted by Gasteiger charge is -2.21. The van der Waals surface area contributed by atoms with Gasteiger partial charge < -0.3 is 14.8 Å². The van der Waals surface area contributed by atoms with Crippen molar-refractivity contribution in [1.82, 2.24) is 19.8 Å². The maximum atomic E-state index is 12.3. The molecule has 1 aliphatic heterocycles. The quantitative estimate of drug-likeness (QED) is 0.841. The fourth-order valence-electron chi connectivity index (χ4n) is 3.96. The molecule has 0 unspecified atom stereocenters. The van der Waals surface area contributed by atoms with Gasteiger partial charge in [0.05, 0.1) is 18.9 Å². The molecule has 0 spiro atoms. The number of likely N-dealkylation sites (tertiary alicyclic amines) is 1. The molecule has 3 rings (SSSR count). The summed E-state index contributed by atoms with van der Waals surface area (Å²) in [7, 11) is 0. The Morgan fingerprint density at radius 1 is 1.27 bits per heavy atom. The molecule has 0 aromatic carbocycles. The zero-order valence-electron chi connectivity index (χ0n) is 14.6. The summed E-state index contributed by atoms with van der Waals surface area (Å²) in [6.45, 7) is 1.60. The normalized spacial score (nSPS) is 24.8. The highest BCUT2D eigenvalue weighted by atomic mass is 16.2. The lowest BCUT2D eigenvalue weighted by Crippen LogP contribution is -2.42. The average Bonchev–Trinajstić information content (AvgIpc) is 3.38. The predicted molar refractivity (Wildman–Crippen MR) is 91.1 cm³/mol. The van der Waals surface area contributed by atoms with Crippen molar-refractivity contribution >= 4 is 5.91 Å². The lowest BCUT2D eigenvalue weighted by atomic mass is 10.1. The second kappa shape index (κ2) is 7.99. The van der Waals surface area contributed by atoms with Crippen LogP contribution < -0.4 is 5.32 Å². The van der Waals surface area contributed by atoms with Crippen molar-refractivity contribution in [3.63, 3.8) is 0 Å². The zero-order chi connectivity index (χ0) is 18.5. The number of carbonyl (C=O) groups excluding carboxylic acids is 1. The van der Waals surface area contributed by atoms with Gasteiger partial charge in [0.1, 0.15) is 18.2 Å². The highest BCUT2D eigenvalue weighted by molar-refractivity contribution is 5.79. The third kappa shape index (κ3) is 3.69. The Morgan fingerprint density at radius 3 is 2.85 bits per heavy atom. The van der Waals surface area contributed by atoms with Crippen molar-refractivity contribution in [3.8, 4) is 18.2 Å². The molecule has 8 nitrogen and oxygen atoms in total. The number of hydrogen-bond donors (Lipinski definition) is 1. The van der Waals surface area contributed by atoms with Crippen LogP contribution in [0.2, 0.25) is 0 Å². The molecule has 2 fully saturated rings. The van der Waals surface area contributed by atoms with Gasteiger partial charge in [0.25, 0.3) is 0 Å². The van der Waals surface area contributed by atoms with Crippen LogP contribution in [0, 0.1) is 39.9 Å². The van der Waals surface area contributed by atoms with E-state index in [1.54, 1.807) is 15.8 Å². The van der Waals surface area contributed by atoms with Gasteiger partial charge in [-0.3, -0.25) is 4.79 Å². The van der Waals surface area contributed by atoms with E-state index in [1.807, 2.05) is 12.1 Å². The molecular formula is C18H21N7O. The Hall–Kier alpha value is -2.89. The third-order valence-electron chi connectivity index (χ3n) is 5.31. The van der Waals surface area contributed by atoms with Crippen molar-refractivity contribution in [2.75, 3.05) is 13.1 Å². The molecule has 2 aliphatic rings. The summed E-state index contributed by atoms with van der Waals surface area (Å²) < 4.78 is 1.75. The fourth-order valence-corrected chi connectivity index (χ4v) is 3.96. The first-order chi connectivity index (χ1) is 12.7. The summed E-state index contributed by atoms with van der Waals surface area (Å²) in [5, 5.41) is 30.6. The summed E-state index contributed by atoms with van der Waals surface area (Å²) in [6.07, 6.45) is 6.11. The van der Waals surface area contributed by atoms with E-state index in [1.165, 1.54) is 0 Å². The summed E-state index contributed by atoms with van der Waals surface area (Å²) in [5.41, 5.74) is 0.485. The standard InChI is InChI=1S/C18H21N7O/c19-7-15-2-1-5-25(15)18(26)10-22-14-4-3-13(6-14)11-24-12-23-16(8-20)17(24)9-21/h12-15,22H,1-6,10-11H2/t13-,14-,15-/m0/s1. The molecular weight excluding hydrogens is 330 g/mol. The highest BCUT2D eigenvalue weighted by Crippen LogP contribution is 2.27. The minimum atomic E-state index is -0.277. The molecule has 26 heavy (non-hydrogen) atoms. The summed E-state index contributed by atoms with van der Waals surface area (Å²) in [4.78, 5) is 17.9. The first-order valence-electron chi connectivity index (χ1n) is 8.94. The molecule has 2 heterocycles. The van der Waals surface area contributed by atoms with Crippen molar-refractivity contribution < 1.29 is 4.79 Å². The topological polar surface area (TPSA) is 122 Å². The van der Waals surface area contributed by atoms with Crippen LogP contribution in [0.1, 0.15) is 43.5 Å². The van der Waals surface area contributed by atoms with E-state index in [2.05, 4.69) is 16.4 Å². The van der Waals surface area contributed by atoms with Crippen LogP contribution in [0.5, 0.6) is 0 Å².